The number of halogens is 3. The molecule has 56 heavy (non-hydrogen) atoms. The Morgan fingerprint density at radius 2 is 1.62 bits per heavy atom. The number of nitrogens with zero attached hydrogens (tertiary/aromatic N) is 3. The number of methoxy groups -OCH3 is 2. The van der Waals surface area contributed by atoms with Crippen molar-refractivity contribution < 1.29 is 38.7 Å². The zero-order valence-corrected chi connectivity index (χ0v) is 31.8. The highest BCUT2D eigenvalue weighted by atomic mass is 35.5. The summed E-state index contributed by atoms with van der Waals surface area (Å²) in [5.41, 5.74) is 2.70. The molecule has 8 rings (SSSR count). The lowest BCUT2D eigenvalue weighted by atomic mass is 9.49. The Kier molecular flexibility index (Phi) is 9.22. The van der Waals surface area contributed by atoms with E-state index in [0.29, 0.717) is 27.5 Å². The minimum atomic E-state index is -1.69. The van der Waals surface area contributed by atoms with E-state index >= 15 is 4.79 Å². The summed E-state index contributed by atoms with van der Waals surface area (Å²) in [7, 11) is 2.85. The Morgan fingerprint density at radius 1 is 0.875 bits per heavy atom. The summed E-state index contributed by atoms with van der Waals surface area (Å²) in [5, 5.41) is 23.8. The smallest absolute Gasteiger partial charge is 0.271 e. The number of nitro benzene ring substituents is 1. The summed E-state index contributed by atoms with van der Waals surface area (Å²) in [5.74, 6) is -6.92. The van der Waals surface area contributed by atoms with Gasteiger partial charge in [-0.3, -0.25) is 34.7 Å². The number of rotatable bonds is 8. The lowest BCUT2D eigenvalue weighted by Gasteiger charge is -2.50. The van der Waals surface area contributed by atoms with Crippen LogP contribution in [0.25, 0.3) is 0 Å². The minimum absolute atomic E-state index is 0.00834. The third kappa shape index (κ3) is 5.51. The molecule has 4 aromatic rings. The van der Waals surface area contributed by atoms with E-state index in [2.05, 4.69) is 5.43 Å². The number of ether oxygens (including phenoxy) is 2. The number of fused-ring (bicyclic) bond motifs is 4. The number of allylic oxidation sites excluding steroid dienone is 2. The first-order valence-corrected chi connectivity index (χ1v) is 18.6. The number of amides is 4. The summed E-state index contributed by atoms with van der Waals surface area (Å²) in [4.78, 5) is 71.1. The molecule has 2 aliphatic heterocycles. The standard InChI is InChI=1S/C40H31Cl3N4O9/c1-55-24-9-6-20(7-10-24)40-28(37(50)46(39(40)52)44-31-13-8-21(41)16-29(31)42)18-27-25(34(40)19-14-30(43)35(48)32(15-19)56-2)11-12-26-33(27)38(51)45(36(26)49)22-4-3-5-23(17-22)47(53)54/h3-11,13-17,26-28,33-34,44,48H,12,18H2,1-2H3. The van der Waals surface area contributed by atoms with Crippen LogP contribution in [0.15, 0.2) is 90.5 Å². The maximum atomic E-state index is 15.5. The van der Waals surface area contributed by atoms with Gasteiger partial charge in [-0.05, 0) is 78.4 Å². The number of carbonyl (C=O) groups excluding carboxylic acids is 4. The first-order chi connectivity index (χ1) is 26.8. The van der Waals surface area contributed by atoms with Gasteiger partial charge in [-0.15, -0.1) is 0 Å². The Morgan fingerprint density at radius 3 is 2.30 bits per heavy atom. The number of phenolic OH excluding ortho intramolecular Hbond substituents is 1. The molecule has 2 N–H and O–H groups in total. The highest BCUT2D eigenvalue weighted by molar-refractivity contribution is 6.36. The fraction of sp³-hybridized carbons (Fsp3) is 0.250. The van der Waals surface area contributed by atoms with Crippen LogP contribution in [0.4, 0.5) is 17.1 Å². The van der Waals surface area contributed by atoms with E-state index in [1.807, 2.05) is 6.08 Å². The zero-order chi connectivity index (χ0) is 39.8. The number of hydrogen-bond acceptors (Lipinski definition) is 10. The highest BCUT2D eigenvalue weighted by Gasteiger charge is 2.70. The van der Waals surface area contributed by atoms with E-state index < -0.39 is 63.6 Å². The van der Waals surface area contributed by atoms with Crippen LogP contribution in [0.1, 0.15) is 29.9 Å². The van der Waals surface area contributed by atoms with E-state index in [9.17, 15) is 29.6 Å². The molecule has 2 heterocycles. The van der Waals surface area contributed by atoms with Gasteiger partial charge in [-0.1, -0.05) is 64.7 Å². The summed E-state index contributed by atoms with van der Waals surface area (Å²) in [6, 6.07) is 19.7. The average Bonchev–Trinajstić information content (AvgIpc) is 3.57. The predicted molar refractivity (Wildman–Crippen MR) is 206 cm³/mol. The fourth-order valence-electron chi connectivity index (χ4n) is 9.13. The van der Waals surface area contributed by atoms with E-state index in [0.717, 1.165) is 9.91 Å². The number of hydrazine groups is 1. The lowest BCUT2D eigenvalue weighted by Crippen LogP contribution is -2.53. The number of hydrogen-bond donors (Lipinski definition) is 2. The second-order valence-corrected chi connectivity index (χ2v) is 15.3. The predicted octanol–water partition coefficient (Wildman–Crippen LogP) is 7.47. The van der Waals surface area contributed by atoms with E-state index in [1.54, 1.807) is 36.4 Å². The number of nitro groups is 1. The summed E-state index contributed by atoms with van der Waals surface area (Å²) >= 11 is 19.3. The number of non-ortho nitro benzene ring substituents is 1. The van der Waals surface area contributed by atoms with Crippen molar-refractivity contribution in [2.75, 3.05) is 24.5 Å². The van der Waals surface area contributed by atoms with Crippen molar-refractivity contribution in [1.82, 2.24) is 5.01 Å². The maximum Gasteiger partial charge on any atom is 0.271 e. The summed E-state index contributed by atoms with van der Waals surface area (Å²) in [6.45, 7) is 0. The number of carbonyl (C=O) groups is 4. The molecule has 0 radical (unpaired) electrons. The molecular weight excluding hydrogens is 787 g/mol. The minimum Gasteiger partial charge on any atom is -0.503 e. The van der Waals surface area contributed by atoms with Crippen molar-refractivity contribution in [3.63, 3.8) is 0 Å². The van der Waals surface area contributed by atoms with Crippen LogP contribution in [0, 0.1) is 33.8 Å². The average molecular weight is 818 g/mol. The van der Waals surface area contributed by atoms with E-state index in [-0.39, 0.29) is 51.4 Å². The number of benzene rings is 4. The van der Waals surface area contributed by atoms with Crippen LogP contribution in [0.3, 0.4) is 0 Å². The summed E-state index contributed by atoms with van der Waals surface area (Å²) in [6.07, 6.45) is 1.91. The van der Waals surface area contributed by atoms with Crippen LogP contribution in [0.2, 0.25) is 15.1 Å². The topological polar surface area (TPSA) is 169 Å². The van der Waals surface area contributed by atoms with Gasteiger partial charge >= 0.3 is 0 Å². The molecule has 0 bridgehead atoms. The Hall–Kier alpha value is -5.63. The second-order valence-electron chi connectivity index (χ2n) is 14.1. The van der Waals surface area contributed by atoms with Gasteiger partial charge in [-0.2, -0.15) is 5.01 Å². The van der Waals surface area contributed by atoms with Crippen molar-refractivity contribution in [3.8, 4) is 17.2 Å². The van der Waals surface area contributed by atoms with Gasteiger partial charge in [0.25, 0.3) is 17.5 Å². The molecule has 4 amide bonds. The highest BCUT2D eigenvalue weighted by Crippen LogP contribution is 2.65. The molecule has 2 aliphatic carbocycles. The van der Waals surface area contributed by atoms with Crippen molar-refractivity contribution in [1.29, 1.82) is 0 Å². The third-order valence-electron chi connectivity index (χ3n) is 11.5. The van der Waals surface area contributed by atoms with Crippen LogP contribution >= 0.6 is 34.8 Å². The SMILES string of the molecule is COc1ccc(C23C(=O)N(Nc4ccc(Cl)cc4Cl)C(=O)C2CC2C(=CCC4C(=O)N(c5cccc([N+](=O)[O-])c5)C(=O)C42)C3c2cc(Cl)c(O)c(OC)c2)cc1. The van der Waals surface area contributed by atoms with Gasteiger partial charge in [0.1, 0.15) is 5.75 Å². The number of imide groups is 2. The molecule has 6 unspecified atom stereocenters. The Bertz CT molecular complexity index is 2410. The van der Waals surface area contributed by atoms with Crippen LogP contribution in [-0.4, -0.2) is 52.9 Å². The Labute approximate surface area is 334 Å². The quantitative estimate of drug-likeness (QED) is 0.0788. The van der Waals surface area contributed by atoms with Gasteiger partial charge in [0.15, 0.2) is 11.5 Å². The second kappa shape index (κ2) is 13.8. The number of nitrogens with one attached hydrogen (secondary N) is 1. The number of phenols is 1. The van der Waals surface area contributed by atoms with E-state index in [1.165, 1.54) is 56.7 Å². The molecule has 0 spiro atoms. The summed E-state index contributed by atoms with van der Waals surface area (Å²) < 4.78 is 11.0. The normalized spacial score (nSPS) is 25.4. The van der Waals surface area contributed by atoms with Crippen molar-refractivity contribution in [2.45, 2.75) is 24.2 Å². The Balaban J connectivity index is 1.34. The largest absolute Gasteiger partial charge is 0.503 e. The van der Waals surface area contributed by atoms with Crippen molar-refractivity contribution in [2.24, 2.45) is 23.7 Å². The third-order valence-corrected chi connectivity index (χ3v) is 12.3. The van der Waals surface area contributed by atoms with Crippen LogP contribution in [-0.2, 0) is 24.6 Å². The molecule has 4 aliphatic rings. The van der Waals surface area contributed by atoms with Gasteiger partial charge in [0.2, 0.25) is 11.8 Å². The molecule has 286 valence electrons. The number of anilines is 2. The van der Waals surface area contributed by atoms with Gasteiger partial charge in [0, 0.05) is 23.1 Å². The van der Waals surface area contributed by atoms with E-state index in [4.69, 9.17) is 44.3 Å². The molecule has 6 atom stereocenters. The van der Waals surface area contributed by atoms with Crippen molar-refractivity contribution in [3.05, 3.63) is 127 Å². The molecule has 0 aromatic heterocycles. The molecule has 1 saturated carbocycles. The molecular formula is C40H31Cl3N4O9. The van der Waals surface area contributed by atoms with Gasteiger partial charge in [-0.25, -0.2) is 4.90 Å². The van der Waals surface area contributed by atoms with Crippen LogP contribution in [0.5, 0.6) is 17.2 Å². The fourth-order valence-corrected chi connectivity index (χ4v) is 9.80. The number of aromatic hydroxyl groups is 1. The molecule has 3 fully saturated rings. The molecule has 2 saturated heterocycles. The first-order valence-electron chi connectivity index (χ1n) is 17.4. The lowest BCUT2D eigenvalue weighted by molar-refractivity contribution is -0.384. The van der Waals surface area contributed by atoms with Gasteiger partial charge < -0.3 is 14.6 Å². The molecule has 13 nitrogen and oxygen atoms in total. The monoisotopic (exact) mass is 816 g/mol. The maximum absolute atomic E-state index is 15.5. The van der Waals surface area contributed by atoms with Crippen LogP contribution < -0.4 is 19.8 Å². The molecule has 16 heteroatoms. The van der Waals surface area contributed by atoms with Crippen molar-refractivity contribution >= 4 is 75.5 Å². The zero-order valence-electron chi connectivity index (χ0n) is 29.6. The first kappa shape index (κ1) is 37.3. The van der Waals surface area contributed by atoms with Gasteiger partial charge in [0.05, 0.1) is 63.7 Å². The molecule has 4 aromatic carbocycles.